The third kappa shape index (κ3) is 4.83. The van der Waals surface area contributed by atoms with E-state index < -0.39 is 20.5 Å². The highest BCUT2D eigenvalue weighted by molar-refractivity contribution is 7.93. The topological polar surface area (TPSA) is 146 Å². The first kappa shape index (κ1) is 23.9. The maximum Gasteiger partial charge on any atom is 0.239 e. The number of ether oxygens (including phenoxy) is 2. The van der Waals surface area contributed by atoms with Crippen molar-refractivity contribution in [2.45, 2.75) is 35.3 Å². The second-order valence-electron chi connectivity index (χ2n) is 8.34. The largest absolute Gasteiger partial charge is 0.494 e. The molecule has 180 valence electrons. The van der Waals surface area contributed by atoms with E-state index in [9.17, 15) is 13.2 Å². The summed E-state index contributed by atoms with van der Waals surface area (Å²) in [5.74, 6) is 0.423. The van der Waals surface area contributed by atoms with Crippen LogP contribution in [0.1, 0.15) is 31.2 Å². The molecule has 0 atom stereocenters. The monoisotopic (exact) mass is 484 g/mol. The third-order valence-electron chi connectivity index (χ3n) is 6.12. The number of anilines is 1. The molecule has 0 radical (unpaired) electrons. The first-order valence-electron chi connectivity index (χ1n) is 11.1. The second-order valence-corrected chi connectivity index (χ2v) is 10.6. The van der Waals surface area contributed by atoms with Crippen LogP contribution in [0, 0.1) is 0 Å². The van der Waals surface area contributed by atoms with Gasteiger partial charge >= 0.3 is 0 Å². The van der Waals surface area contributed by atoms with E-state index in [4.69, 9.17) is 20.9 Å². The van der Waals surface area contributed by atoms with Crippen LogP contribution in [0.5, 0.6) is 5.75 Å². The van der Waals surface area contributed by atoms with Gasteiger partial charge in [-0.2, -0.15) is 0 Å². The Kier molecular flexibility index (Phi) is 6.99. The molecule has 2 aromatic carbocycles. The van der Waals surface area contributed by atoms with Gasteiger partial charge in [-0.15, -0.1) is 0 Å². The van der Waals surface area contributed by atoms with E-state index >= 15 is 0 Å². The highest BCUT2D eigenvalue weighted by atomic mass is 32.2. The van der Waals surface area contributed by atoms with E-state index in [1.807, 2.05) is 24.3 Å². The minimum absolute atomic E-state index is 0.0493. The lowest BCUT2D eigenvalue weighted by Crippen LogP contribution is -2.53. The quantitative estimate of drug-likeness (QED) is 0.412. The first-order chi connectivity index (χ1) is 16.3. The Balaban J connectivity index is 1.30. The lowest BCUT2D eigenvalue weighted by atomic mass is 9.98. The van der Waals surface area contributed by atoms with Crippen molar-refractivity contribution < 1.29 is 22.7 Å². The number of carbonyl (C=O) groups excluding carboxylic acids is 1. The Morgan fingerprint density at radius 2 is 1.74 bits per heavy atom. The number of nitrogens with zero attached hydrogens (tertiary/aromatic N) is 2. The summed E-state index contributed by atoms with van der Waals surface area (Å²) in [4.78, 5) is 21.2. The number of hydrogen-bond donors (Lipinski definition) is 2. The van der Waals surface area contributed by atoms with E-state index in [0.717, 1.165) is 24.1 Å². The number of rotatable bonds is 9. The Morgan fingerprint density at radius 3 is 2.38 bits per heavy atom. The summed E-state index contributed by atoms with van der Waals surface area (Å²) in [5, 5.41) is 0. The number of nitrogens with two attached hydrogens (primary N) is 2. The summed E-state index contributed by atoms with van der Waals surface area (Å²) in [7, 11) is -3.95. The maximum absolute atomic E-state index is 13.2. The molecule has 2 aromatic rings. The Bertz CT molecular complexity index is 1200. The van der Waals surface area contributed by atoms with Gasteiger partial charge in [0, 0.05) is 30.2 Å². The molecule has 2 aliphatic heterocycles. The molecule has 0 unspecified atom stereocenters. The Hall–Kier alpha value is -3.24. The zero-order chi connectivity index (χ0) is 24.2. The van der Waals surface area contributed by atoms with Gasteiger partial charge in [0.1, 0.15) is 5.75 Å². The minimum Gasteiger partial charge on any atom is -0.494 e. The van der Waals surface area contributed by atoms with Crippen LogP contribution in [0.4, 0.5) is 5.69 Å². The first-order valence-corrected chi connectivity index (χ1v) is 12.6. The van der Waals surface area contributed by atoms with E-state index in [-0.39, 0.29) is 31.0 Å². The molecule has 0 aromatic heterocycles. The number of primary amides is 1. The predicted octanol–water partition coefficient (Wildman–Crippen LogP) is 2.14. The number of nitrogen functional groups attached to an aromatic ring is 1. The highest BCUT2D eigenvalue weighted by Gasteiger charge is 2.51. The average molecular weight is 485 g/mol. The normalized spacial score (nSPS) is 17.6. The van der Waals surface area contributed by atoms with Crippen molar-refractivity contribution in [3.8, 4) is 5.75 Å². The number of hydrogen-bond acceptors (Lipinski definition) is 8. The zero-order valence-corrected chi connectivity index (χ0v) is 19.6. The average Bonchev–Trinajstić information content (AvgIpc) is 3.32. The molecule has 4 N–H and O–H groups in total. The van der Waals surface area contributed by atoms with Crippen LogP contribution < -0.4 is 16.2 Å². The molecule has 0 bridgehead atoms. The molecule has 0 saturated carbocycles. The van der Waals surface area contributed by atoms with E-state index in [1.54, 1.807) is 12.1 Å². The van der Waals surface area contributed by atoms with E-state index in [1.165, 1.54) is 12.1 Å². The Labute approximate surface area is 198 Å². The molecule has 1 saturated heterocycles. The van der Waals surface area contributed by atoms with Crippen LogP contribution in [0.25, 0.3) is 0 Å². The van der Waals surface area contributed by atoms with Crippen molar-refractivity contribution in [3.63, 3.8) is 0 Å². The molecule has 4 rings (SSSR count). The van der Waals surface area contributed by atoms with Gasteiger partial charge in [0.15, 0.2) is 20.4 Å². The Morgan fingerprint density at radius 1 is 1.06 bits per heavy atom. The third-order valence-corrected chi connectivity index (χ3v) is 8.65. The molecule has 0 aliphatic carbocycles. The number of amides is 1. The molecule has 2 heterocycles. The van der Waals surface area contributed by atoms with Crippen LogP contribution in [0.15, 0.2) is 63.4 Å². The van der Waals surface area contributed by atoms with Crippen LogP contribution >= 0.6 is 0 Å². The molecule has 2 aliphatic rings. The number of amidine groups is 1. The highest BCUT2D eigenvalue weighted by Crippen LogP contribution is 2.35. The van der Waals surface area contributed by atoms with Crippen LogP contribution in [0.3, 0.4) is 0 Å². The van der Waals surface area contributed by atoms with E-state index in [0.29, 0.717) is 30.4 Å². The number of sulfone groups is 1. The molecule has 34 heavy (non-hydrogen) atoms. The molecule has 1 fully saturated rings. The van der Waals surface area contributed by atoms with Gasteiger partial charge in [-0.05, 0) is 74.2 Å². The minimum atomic E-state index is -3.95. The SMILES string of the molecule is NC(=O)C1(S(=O)(=O)c2ccc(OCCCC3=NC(c4ccc(N)cc4)=NC3)cc2)CCOCC1. The fourth-order valence-electron chi connectivity index (χ4n) is 4.07. The van der Waals surface area contributed by atoms with Gasteiger partial charge in [-0.1, -0.05) is 0 Å². The molecule has 9 nitrogen and oxygen atoms in total. The van der Waals surface area contributed by atoms with Crippen molar-refractivity contribution in [3.05, 3.63) is 54.1 Å². The van der Waals surface area contributed by atoms with E-state index in [2.05, 4.69) is 9.98 Å². The number of aliphatic imine (C=N–C) groups is 2. The van der Waals surface area contributed by atoms with Gasteiger partial charge in [-0.3, -0.25) is 9.79 Å². The summed E-state index contributed by atoms with van der Waals surface area (Å²) in [6.07, 6.45) is 1.60. The van der Waals surface area contributed by atoms with Crippen molar-refractivity contribution in [1.82, 2.24) is 0 Å². The fourth-order valence-corrected chi connectivity index (χ4v) is 5.98. The zero-order valence-electron chi connectivity index (χ0n) is 18.8. The van der Waals surface area contributed by atoms with Gasteiger partial charge in [-0.25, -0.2) is 13.4 Å². The van der Waals surface area contributed by atoms with Crippen molar-refractivity contribution in [1.29, 1.82) is 0 Å². The molecule has 0 spiro atoms. The van der Waals surface area contributed by atoms with Gasteiger partial charge in [0.05, 0.1) is 18.0 Å². The second kappa shape index (κ2) is 9.94. The number of benzene rings is 2. The predicted molar refractivity (Wildman–Crippen MR) is 130 cm³/mol. The van der Waals surface area contributed by atoms with Crippen molar-refractivity contribution in [2.24, 2.45) is 15.7 Å². The fraction of sp³-hybridized carbons (Fsp3) is 0.375. The van der Waals surface area contributed by atoms with Gasteiger partial charge in [0.2, 0.25) is 5.91 Å². The van der Waals surface area contributed by atoms with Crippen LogP contribution in [0.2, 0.25) is 0 Å². The van der Waals surface area contributed by atoms with Crippen LogP contribution in [-0.2, 0) is 19.4 Å². The molecule has 10 heteroatoms. The van der Waals surface area contributed by atoms with Gasteiger partial charge < -0.3 is 20.9 Å². The smallest absolute Gasteiger partial charge is 0.239 e. The van der Waals surface area contributed by atoms with Gasteiger partial charge in [0.25, 0.3) is 0 Å². The molecular weight excluding hydrogens is 456 g/mol. The number of carbonyl (C=O) groups is 1. The maximum atomic E-state index is 13.2. The lowest BCUT2D eigenvalue weighted by molar-refractivity contribution is -0.122. The summed E-state index contributed by atoms with van der Waals surface area (Å²) in [6, 6.07) is 13.6. The summed E-state index contributed by atoms with van der Waals surface area (Å²) in [6.45, 7) is 1.38. The standard InChI is InChI=1S/C24H28N4O5S/c25-18-5-3-17(4-6-18)22-27-16-19(28-22)2-1-13-33-20-7-9-21(10-8-20)34(30,31)24(23(26)29)11-14-32-15-12-24/h3-10H,1-2,11-16,25H2,(H2,26,29). The summed E-state index contributed by atoms with van der Waals surface area (Å²) in [5.41, 5.74) is 13.9. The van der Waals surface area contributed by atoms with Crippen molar-refractivity contribution >= 4 is 33.0 Å². The summed E-state index contributed by atoms with van der Waals surface area (Å²) >= 11 is 0. The van der Waals surface area contributed by atoms with Crippen molar-refractivity contribution in [2.75, 3.05) is 32.1 Å². The molecular formula is C24H28N4O5S. The summed E-state index contributed by atoms with van der Waals surface area (Å²) < 4.78 is 35.7. The van der Waals surface area contributed by atoms with Crippen LogP contribution in [-0.4, -0.2) is 57.0 Å². The lowest BCUT2D eigenvalue weighted by Gasteiger charge is -2.33. The molecule has 1 amide bonds.